The minimum Gasteiger partial charge on any atom is -0.395 e. The maximum absolute atomic E-state index is 14.7. The smallest absolute Gasteiger partial charge is 0.193 e. The van der Waals surface area contributed by atoms with Crippen molar-refractivity contribution in [1.29, 1.82) is 0 Å². The van der Waals surface area contributed by atoms with Crippen LogP contribution >= 0.6 is 0 Å². The molecule has 0 aromatic heterocycles. The fourth-order valence-electron chi connectivity index (χ4n) is 7.59. The van der Waals surface area contributed by atoms with Crippen molar-refractivity contribution in [3.8, 4) is 11.1 Å². The molecule has 0 spiro atoms. The van der Waals surface area contributed by atoms with Gasteiger partial charge in [-0.05, 0) is 93.2 Å². The molecule has 3 aliphatic rings. The molecule has 5 heteroatoms. The molecule has 3 aromatic carbocycles. The van der Waals surface area contributed by atoms with Crippen LogP contribution in [0.4, 0.5) is 0 Å². The second-order valence-corrected chi connectivity index (χ2v) is 13.1. The van der Waals surface area contributed by atoms with Crippen LogP contribution in [-0.4, -0.2) is 64.5 Å². The van der Waals surface area contributed by atoms with Crippen molar-refractivity contribution in [3.05, 3.63) is 107 Å². The van der Waals surface area contributed by atoms with Crippen molar-refractivity contribution < 1.29 is 20.1 Å². The summed E-state index contributed by atoms with van der Waals surface area (Å²) >= 11 is 0. The van der Waals surface area contributed by atoms with E-state index >= 15 is 0 Å². The van der Waals surface area contributed by atoms with Gasteiger partial charge in [-0.2, -0.15) is 0 Å². The molecular formula is C38H47NO4. The number of carbonyl (C=O) groups excluding carboxylic acids is 1. The van der Waals surface area contributed by atoms with E-state index in [1.165, 1.54) is 5.57 Å². The molecular weight excluding hydrogens is 534 g/mol. The molecule has 0 amide bonds. The lowest BCUT2D eigenvalue weighted by atomic mass is 9.64. The van der Waals surface area contributed by atoms with Gasteiger partial charge in [0.05, 0.1) is 18.3 Å². The molecule has 0 saturated heterocycles. The average molecular weight is 582 g/mol. The van der Waals surface area contributed by atoms with E-state index in [9.17, 15) is 20.1 Å². The zero-order valence-corrected chi connectivity index (χ0v) is 25.9. The molecule has 4 atom stereocenters. The van der Waals surface area contributed by atoms with Crippen LogP contribution in [0.3, 0.4) is 0 Å². The van der Waals surface area contributed by atoms with Crippen LogP contribution < -0.4 is 0 Å². The summed E-state index contributed by atoms with van der Waals surface area (Å²) in [4.78, 5) is 16.7. The highest BCUT2D eigenvalue weighted by Crippen LogP contribution is 2.58. The molecule has 0 radical (unpaired) electrons. The zero-order chi connectivity index (χ0) is 30.6. The van der Waals surface area contributed by atoms with Crippen LogP contribution in [0.5, 0.6) is 0 Å². The molecule has 3 aliphatic carbocycles. The van der Waals surface area contributed by atoms with Crippen molar-refractivity contribution in [2.75, 3.05) is 26.7 Å². The molecule has 1 fully saturated rings. The number of hydrogen-bond acceptors (Lipinski definition) is 5. The average Bonchev–Trinajstić information content (AvgIpc) is 3.25. The molecule has 2 bridgehead atoms. The van der Waals surface area contributed by atoms with Gasteiger partial charge >= 0.3 is 0 Å². The highest BCUT2D eigenvalue weighted by molar-refractivity contribution is 6.13. The van der Waals surface area contributed by atoms with E-state index in [0.29, 0.717) is 43.5 Å². The highest BCUT2D eigenvalue weighted by Gasteiger charge is 2.57. The largest absolute Gasteiger partial charge is 0.395 e. The Morgan fingerprint density at radius 1 is 0.977 bits per heavy atom. The Morgan fingerprint density at radius 2 is 1.72 bits per heavy atom. The minimum atomic E-state index is -0.975. The molecule has 6 rings (SSSR count). The Bertz CT molecular complexity index is 1450. The van der Waals surface area contributed by atoms with Crippen LogP contribution in [0.25, 0.3) is 11.1 Å². The summed E-state index contributed by atoms with van der Waals surface area (Å²) in [7, 11) is 1.95. The summed E-state index contributed by atoms with van der Waals surface area (Å²) in [6, 6.07) is 24.0. The normalized spacial score (nSPS) is 26.2. The number of allylic oxidation sites excluding steroid dienone is 2. The lowest BCUT2D eigenvalue weighted by molar-refractivity contribution is -0.0810. The fraction of sp³-hybridized carbons (Fsp3) is 0.447. The van der Waals surface area contributed by atoms with Crippen LogP contribution in [0.15, 0.2) is 84.4 Å². The Labute approximate surface area is 256 Å². The standard InChI is InChI=1S/C38H47NO4/c1-27-10-9-20-37(2)35(19-21-38(37,43)26-39(3)22-23-40)32-18-16-28(24-30(41)17-15-27)25-34(32)36(42)33-14-8-7-13-31(33)29-11-5-4-6-12-29/h4-8,10-14,16,18,25,30,35,40-41,43H,9,15,17,19-24,26H2,1-3H3. The van der Waals surface area contributed by atoms with E-state index in [4.69, 9.17) is 0 Å². The molecule has 3 N–H and O–H groups in total. The molecule has 0 heterocycles. The Morgan fingerprint density at radius 3 is 2.49 bits per heavy atom. The Hall–Kier alpha value is -3.09. The van der Waals surface area contributed by atoms with Crippen LogP contribution in [0.2, 0.25) is 0 Å². The Balaban J connectivity index is 1.65. The number of benzene rings is 3. The van der Waals surface area contributed by atoms with Crippen LogP contribution in [0, 0.1) is 5.41 Å². The van der Waals surface area contributed by atoms with Crippen LogP contribution in [0.1, 0.15) is 85.3 Å². The quantitative estimate of drug-likeness (QED) is 0.218. The van der Waals surface area contributed by atoms with Crippen molar-refractivity contribution in [2.24, 2.45) is 5.41 Å². The number of aliphatic hydroxyl groups excluding tert-OH is 2. The predicted octanol–water partition coefficient (Wildman–Crippen LogP) is 6.55. The van der Waals surface area contributed by atoms with Crippen molar-refractivity contribution in [2.45, 2.75) is 76.4 Å². The third kappa shape index (κ3) is 6.56. The van der Waals surface area contributed by atoms with Gasteiger partial charge in [-0.25, -0.2) is 0 Å². The van der Waals surface area contributed by atoms with Gasteiger partial charge in [-0.15, -0.1) is 0 Å². The molecule has 43 heavy (non-hydrogen) atoms. The predicted molar refractivity (Wildman–Crippen MR) is 173 cm³/mol. The van der Waals surface area contributed by atoms with E-state index in [2.05, 4.69) is 32.1 Å². The van der Waals surface area contributed by atoms with Gasteiger partial charge in [0, 0.05) is 29.6 Å². The first-order valence-electron chi connectivity index (χ1n) is 15.8. The summed E-state index contributed by atoms with van der Waals surface area (Å²) in [6.07, 6.45) is 6.75. The van der Waals surface area contributed by atoms with Gasteiger partial charge in [0.15, 0.2) is 5.78 Å². The van der Waals surface area contributed by atoms with Gasteiger partial charge in [0.25, 0.3) is 0 Å². The van der Waals surface area contributed by atoms with E-state index in [0.717, 1.165) is 47.9 Å². The molecule has 3 aromatic rings. The number of ketones is 1. The first-order valence-corrected chi connectivity index (χ1v) is 15.8. The number of rotatable bonds is 7. The van der Waals surface area contributed by atoms with E-state index in [-0.39, 0.29) is 18.3 Å². The maximum Gasteiger partial charge on any atom is 0.193 e. The molecule has 5 nitrogen and oxygen atoms in total. The highest BCUT2D eigenvalue weighted by atomic mass is 16.3. The minimum absolute atomic E-state index is 0.0242. The number of hydrogen-bond donors (Lipinski definition) is 3. The van der Waals surface area contributed by atoms with Crippen molar-refractivity contribution >= 4 is 5.78 Å². The van der Waals surface area contributed by atoms with Gasteiger partial charge in [0.2, 0.25) is 0 Å². The number of nitrogens with zero attached hydrogens (tertiary/aromatic N) is 1. The molecule has 4 unspecified atom stereocenters. The second kappa shape index (κ2) is 13.3. The molecule has 1 saturated carbocycles. The lowest BCUT2D eigenvalue weighted by Gasteiger charge is -2.45. The Kier molecular flexibility index (Phi) is 9.67. The first-order chi connectivity index (χ1) is 20.6. The monoisotopic (exact) mass is 581 g/mol. The summed E-state index contributed by atoms with van der Waals surface area (Å²) in [5.74, 6) is -0.0534. The van der Waals surface area contributed by atoms with E-state index in [1.807, 2.05) is 72.6 Å². The summed E-state index contributed by atoms with van der Waals surface area (Å²) < 4.78 is 0. The lowest BCUT2D eigenvalue weighted by Crippen LogP contribution is -2.52. The SMILES string of the molecule is CC1=CCCC2(C)C(CCC2(O)CN(C)CCO)c2ccc(cc2C(=O)c2ccccc2-c2ccccc2)CC(O)CC1. The third-order valence-corrected chi connectivity index (χ3v) is 10.2. The number of likely N-dealkylation sites (N-methyl/N-ethyl adjacent to an activating group) is 1. The van der Waals surface area contributed by atoms with E-state index in [1.54, 1.807) is 0 Å². The fourth-order valence-corrected chi connectivity index (χ4v) is 7.59. The summed E-state index contributed by atoms with van der Waals surface area (Å²) in [6.45, 7) is 5.34. The number of aliphatic hydroxyl groups is 3. The van der Waals surface area contributed by atoms with E-state index < -0.39 is 17.1 Å². The number of fused-ring (bicyclic) bond motifs is 8. The van der Waals surface area contributed by atoms with Gasteiger partial charge in [-0.1, -0.05) is 85.3 Å². The summed E-state index contributed by atoms with van der Waals surface area (Å²) in [5, 5.41) is 32.9. The number of carbonyl (C=O) groups is 1. The summed E-state index contributed by atoms with van der Waals surface area (Å²) in [5.41, 5.74) is 4.94. The van der Waals surface area contributed by atoms with Gasteiger partial charge < -0.3 is 20.2 Å². The zero-order valence-electron chi connectivity index (χ0n) is 25.9. The second-order valence-electron chi connectivity index (χ2n) is 13.1. The van der Waals surface area contributed by atoms with Crippen LogP contribution in [-0.2, 0) is 6.42 Å². The first kappa shape index (κ1) is 31.3. The topological polar surface area (TPSA) is 81.0 Å². The van der Waals surface area contributed by atoms with Crippen molar-refractivity contribution in [3.63, 3.8) is 0 Å². The van der Waals surface area contributed by atoms with Gasteiger partial charge in [-0.3, -0.25) is 4.79 Å². The third-order valence-electron chi connectivity index (χ3n) is 10.2. The van der Waals surface area contributed by atoms with Gasteiger partial charge in [0.1, 0.15) is 0 Å². The maximum atomic E-state index is 14.7. The van der Waals surface area contributed by atoms with Crippen molar-refractivity contribution in [1.82, 2.24) is 4.90 Å². The molecule has 228 valence electrons. The molecule has 0 aliphatic heterocycles.